The van der Waals surface area contributed by atoms with Gasteiger partial charge in [-0.1, -0.05) is 0 Å². The number of nitrogens with one attached hydrogen (secondary N) is 1. The van der Waals surface area contributed by atoms with Crippen molar-refractivity contribution in [2.75, 3.05) is 38.5 Å². The number of anilines is 1. The zero-order valence-electron chi connectivity index (χ0n) is 15.7. The molecule has 7 heteroatoms. The summed E-state index contributed by atoms with van der Waals surface area (Å²) in [4.78, 5) is 16.4. The molecule has 2 amide bonds. The maximum atomic E-state index is 12.3. The number of likely N-dealkylation sites (N-methyl/N-ethyl adjacent to an activating group) is 1. The Morgan fingerprint density at radius 1 is 1.38 bits per heavy atom. The fourth-order valence-electron chi connectivity index (χ4n) is 2.83. The lowest BCUT2D eigenvalue weighted by molar-refractivity contribution is -0.0684. The van der Waals surface area contributed by atoms with Crippen LogP contribution in [0.2, 0.25) is 0 Å². The third-order valence-corrected chi connectivity index (χ3v) is 4.11. The Hall–Kier alpha value is -1.60. The minimum atomic E-state index is -0.113. The van der Waals surface area contributed by atoms with Gasteiger partial charge in [-0.3, -0.25) is 9.58 Å². The number of hydrogen-bond acceptors (Lipinski definition) is 4. The lowest BCUT2D eigenvalue weighted by Crippen LogP contribution is -2.48. The first-order valence-electron chi connectivity index (χ1n) is 8.60. The number of amides is 2. The number of carbonyl (C=O) groups is 1. The number of nitrogens with zero attached hydrogens (tertiary/aromatic N) is 4. The van der Waals surface area contributed by atoms with E-state index >= 15 is 0 Å². The van der Waals surface area contributed by atoms with E-state index in [2.05, 4.69) is 49.9 Å². The van der Waals surface area contributed by atoms with E-state index in [0.29, 0.717) is 6.54 Å². The van der Waals surface area contributed by atoms with Gasteiger partial charge in [0.1, 0.15) is 0 Å². The largest absolute Gasteiger partial charge is 0.373 e. The topological polar surface area (TPSA) is 62.6 Å². The molecule has 0 saturated carbocycles. The molecule has 1 aromatic heterocycles. The molecule has 0 bridgehead atoms. The van der Waals surface area contributed by atoms with Gasteiger partial charge in [-0.25, -0.2) is 4.79 Å². The number of urea groups is 1. The summed E-state index contributed by atoms with van der Waals surface area (Å²) >= 11 is 0. The smallest absolute Gasteiger partial charge is 0.321 e. The first kappa shape index (κ1) is 18.7. The Kier molecular flexibility index (Phi) is 5.87. The molecule has 1 saturated heterocycles. The van der Waals surface area contributed by atoms with Gasteiger partial charge in [0.05, 0.1) is 29.6 Å². The molecule has 2 rings (SSSR count). The highest BCUT2D eigenvalue weighted by Gasteiger charge is 2.22. The maximum absolute atomic E-state index is 12.3. The standard InChI is InChI=1S/C17H31N5O2/c1-13-10-21(11-14(2)24-13)8-7-20(6)16(23)19-15-9-18-22(12-15)17(3,4)5/h9,12-14H,7-8,10-11H2,1-6H3,(H,19,23)/t13-,14+. The number of carbonyl (C=O) groups excluding carboxylic acids is 1. The van der Waals surface area contributed by atoms with E-state index in [-0.39, 0.29) is 23.8 Å². The summed E-state index contributed by atoms with van der Waals surface area (Å²) in [6.07, 6.45) is 4.03. The molecule has 0 aliphatic carbocycles. The number of rotatable bonds is 4. The monoisotopic (exact) mass is 337 g/mol. The van der Waals surface area contributed by atoms with Gasteiger partial charge >= 0.3 is 6.03 Å². The summed E-state index contributed by atoms with van der Waals surface area (Å²) in [6.45, 7) is 13.8. The first-order chi connectivity index (χ1) is 11.1. The van der Waals surface area contributed by atoms with Crippen molar-refractivity contribution < 1.29 is 9.53 Å². The van der Waals surface area contributed by atoms with E-state index in [4.69, 9.17) is 4.74 Å². The van der Waals surface area contributed by atoms with E-state index in [1.807, 2.05) is 17.9 Å². The van der Waals surface area contributed by atoms with Gasteiger partial charge in [0.25, 0.3) is 0 Å². The van der Waals surface area contributed by atoms with Crippen molar-refractivity contribution in [3.05, 3.63) is 12.4 Å². The molecule has 0 aromatic carbocycles. The van der Waals surface area contributed by atoms with E-state index in [1.165, 1.54) is 0 Å². The highest BCUT2D eigenvalue weighted by Crippen LogP contribution is 2.16. The Bertz CT molecular complexity index is 541. The van der Waals surface area contributed by atoms with E-state index in [1.54, 1.807) is 11.1 Å². The van der Waals surface area contributed by atoms with Crippen LogP contribution in [-0.2, 0) is 10.3 Å². The quantitative estimate of drug-likeness (QED) is 0.915. The molecule has 0 spiro atoms. The van der Waals surface area contributed by atoms with Crippen molar-refractivity contribution in [1.29, 1.82) is 0 Å². The van der Waals surface area contributed by atoms with Crippen LogP contribution >= 0.6 is 0 Å². The van der Waals surface area contributed by atoms with Gasteiger partial charge in [0.15, 0.2) is 0 Å². The second-order valence-corrected chi connectivity index (χ2v) is 7.71. The van der Waals surface area contributed by atoms with Gasteiger partial charge in [0, 0.05) is 39.4 Å². The summed E-state index contributed by atoms with van der Waals surface area (Å²) in [7, 11) is 1.82. The van der Waals surface area contributed by atoms with Crippen LogP contribution in [0.3, 0.4) is 0 Å². The Morgan fingerprint density at radius 2 is 2.00 bits per heavy atom. The zero-order chi connectivity index (χ0) is 17.9. The van der Waals surface area contributed by atoms with Crippen molar-refractivity contribution in [2.45, 2.75) is 52.4 Å². The summed E-state index contributed by atoms with van der Waals surface area (Å²) in [5, 5.41) is 7.20. The second kappa shape index (κ2) is 7.53. The summed E-state index contributed by atoms with van der Waals surface area (Å²) < 4.78 is 7.58. The van der Waals surface area contributed by atoms with Crippen molar-refractivity contribution >= 4 is 11.7 Å². The van der Waals surface area contributed by atoms with Crippen LogP contribution in [0.15, 0.2) is 12.4 Å². The molecule has 7 nitrogen and oxygen atoms in total. The highest BCUT2D eigenvalue weighted by molar-refractivity contribution is 5.88. The van der Waals surface area contributed by atoms with Crippen LogP contribution in [0.4, 0.5) is 10.5 Å². The number of ether oxygens (including phenoxy) is 1. The van der Waals surface area contributed by atoms with Crippen LogP contribution in [0.25, 0.3) is 0 Å². The van der Waals surface area contributed by atoms with E-state index < -0.39 is 0 Å². The fourth-order valence-corrected chi connectivity index (χ4v) is 2.83. The zero-order valence-corrected chi connectivity index (χ0v) is 15.7. The van der Waals surface area contributed by atoms with Gasteiger partial charge in [0.2, 0.25) is 0 Å². The molecule has 1 aromatic rings. The van der Waals surface area contributed by atoms with Crippen molar-refractivity contribution in [3.8, 4) is 0 Å². The third kappa shape index (κ3) is 5.21. The van der Waals surface area contributed by atoms with Crippen molar-refractivity contribution in [3.63, 3.8) is 0 Å². The Balaban J connectivity index is 1.81. The molecule has 1 aliphatic heterocycles. The van der Waals surface area contributed by atoms with Crippen LogP contribution in [0.5, 0.6) is 0 Å². The summed E-state index contributed by atoms with van der Waals surface area (Å²) in [6, 6.07) is -0.113. The van der Waals surface area contributed by atoms with E-state index in [9.17, 15) is 4.79 Å². The fraction of sp³-hybridized carbons (Fsp3) is 0.765. The summed E-state index contributed by atoms with van der Waals surface area (Å²) in [5.41, 5.74) is 0.619. The molecule has 24 heavy (non-hydrogen) atoms. The first-order valence-corrected chi connectivity index (χ1v) is 8.60. The molecule has 0 radical (unpaired) electrons. The van der Waals surface area contributed by atoms with Crippen LogP contribution in [0, 0.1) is 0 Å². The predicted molar refractivity (Wildman–Crippen MR) is 95.3 cm³/mol. The maximum Gasteiger partial charge on any atom is 0.321 e. The molecule has 2 heterocycles. The van der Waals surface area contributed by atoms with Crippen molar-refractivity contribution in [1.82, 2.24) is 19.6 Å². The van der Waals surface area contributed by atoms with Gasteiger partial charge < -0.3 is 15.0 Å². The van der Waals surface area contributed by atoms with Gasteiger partial charge in [-0.05, 0) is 34.6 Å². The highest BCUT2D eigenvalue weighted by atomic mass is 16.5. The number of aromatic nitrogens is 2. The lowest BCUT2D eigenvalue weighted by Gasteiger charge is -2.36. The molecule has 0 unspecified atom stereocenters. The minimum absolute atomic E-state index is 0.0986. The van der Waals surface area contributed by atoms with Crippen LogP contribution in [0.1, 0.15) is 34.6 Å². The Labute approximate surface area is 144 Å². The molecule has 1 N–H and O–H groups in total. The number of morpholine rings is 1. The predicted octanol–water partition coefficient (Wildman–Crippen LogP) is 2.21. The summed E-state index contributed by atoms with van der Waals surface area (Å²) in [5.74, 6) is 0. The molecule has 1 fully saturated rings. The second-order valence-electron chi connectivity index (χ2n) is 7.71. The number of hydrogen-bond donors (Lipinski definition) is 1. The average molecular weight is 337 g/mol. The van der Waals surface area contributed by atoms with Gasteiger partial charge in [-0.2, -0.15) is 5.10 Å². The molecular weight excluding hydrogens is 306 g/mol. The SMILES string of the molecule is C[C@@H]1CN(CCN(C)C(=O)Nc2cnn(C(C)(C)C)c2)C[C@H](C)O1. The van der Waals surface area contributed by atoms with E-state index in [0.717, 1.165) is 25.3 Å². The van der Waals surface area contributed by atoms with Gasteiger partial charge in [-0.15, -0.1) is 0 Å². The Morgan fingerprint density at radius 3 is 2.54 bits per heavy atom. The minimum Gasteiger partial charge on any atom is -0.373 e. The van der Waals surface area contributed by atoms with Crippen LogP contribution < -0.4 is 5.32 Å². The molecule has 2 atom stereocenters. The average Bonchev–Trinajstić information content (AvgIpc) is 2.92. The molecule has 136 valence electrons. The van der Waals surface area contributed by atoms with Crippen molar-refractivity contribution in [2.24, 2.45) is 0 Å². The third-order valence-electron chi connectivity index (χ3n) is 4.11. The molecular formula is C17H31N5O2. The lowest BCUT2D eigenvalue weighted by atomic mass is 10.1. The van der Waals surface area contributed by atoms with Crippen LogP contribution in [-0.4, -0.2) is 71.0 Å². The normalized spacial score (nSPS) is 22.4. The molecule has 1 aliphatic rings.